The third kappa shape index (κ3) is 6.10. The van der Waals surface area contributed by atoms with Crippen LogP contribution in [0.3, 0.4) is 0 Å². The van der Waals surface area contributed by atoms with Gasteiger partial charge in [-0.05, 0) is 17.8 Å². The Kier molecular flexibility index (Phi) is 4.27. The first kappa shape index (κ1) is 13.6. The lowest BCUT2D eigenvalue weighted by molar-refractivity contribution is -0.113. The van der Waals surface area contributed by atoms with E-state index in [9.17, 15) is 13.2 Å². The van der Waals surface area contributed by atoms with Gasteiger partial charge in [-0.3, -0.25) is 9.35 Å². The highest BCUT2D eigenvalue weighted by Crippen LogP contribution is 2.26. The van der Waals surface area contributed by atoms with Gasteiger partial charge >= 0.3 is 10.1 Å². The molecule has 1 unspecified atom stereocenters. The number of rotatable bonds is 3. The van der Waals surface area contributed by atoms with Crippen LogP contribution in [0.15, 0.2) is 0 Å². The molecule has 1 N–H and O–H groups in total. The largest absolute Gasteiger partial charge is 0.328 e. The van der Waals surface area contributed by atoms with Crippen molar-refractivity contribution in [3.63, 3.8) is 0 Å². The highest BCUT2D eigenvalue weighted by molar-refractivity contribution is 8.01. The molecule has 1 atom stereocenters. The third-order valence-electron chi connectivity index (χ3n) is 1.76. The van der Waals surface area contributed by atoms with E-state index in [4.69, 9.17) is 4.55 Å². The Morgan fingerprint density at radius 1 is 1.36 bits per heavy atom. The van der Waals surface area contributed by atoms with Crippen molar-refractivity contribution < 1.29 is 17.8 Å². The Morgan fingerprint density at radius 3 is 2.07 bits per heavy atom. The molecule has 0 saturated carbocycles. The molecule has 0 saturated heterocycles. The smallest absolute Gasteiger partial charge is 0.280 e. The molecule has 0 amide bonds. The monoisotopic (exact) mass is 222 g/mol. The summed E-state index contributed by atoms with van der Waals surface area (Å²) in [6, 6.07) is 0. The lowest BCUT2D eigenvalue weighted by atomic mass is 9.84. The van der Waals surface area contributed by atoms with Gasteiger partial charge in [0.25, 0.3) is 5.12 Å². The lowest BCUT2D eigenvalue weighted by Crippen LogP contribution is -2.19. The fraction of sp³-hybridized carbons (Fsp3) is 0.889. The Balaban J connectivity index is 4.22. The zero-order valence-electron chi connectivity index (χ0n) is 9.07. The zero-order chi connectivity index (χ0) is 11.6. The van der Waals surface area contributed by atoms with Crippen molar-refractivity contribution in [1.82, 2.24) is 0 Å². The van der Waals surface area contributed by atoms with Crippen LogP contribution in [-0.4, -0.2) is 18.1 Å². The summed E-state index contributed by atoms with van der Waals surface area (Å²) in [7, 11) is -4.49. The second-order valence-corrected chi connectivity index (χ2v) is 6.33. The standard InChI is InChI=1S/C9H18O4S/c1-7(6-9(2,3)4)5-8(10)14(11,12)13/h7H,5-6H2,1-4H3,(H,11,12,13). The number of carbonyl (C=O) groups excluding carboxylic acids is 1. The SMILES string of the molecule is CC(CC(=O)S(=O)(=O)O)CC(C)(C)C. The zero-order valence-corrected chi connectivity index (χ0v) is 9.89. The van der Waals surface area contributed by atoms with Crippen molar-refractivity contribution in [2.75, 3.05) is 0 Å². The van der Waals surface area contributed by atoms with Gasteiger partial charge in [0.15, 0.2) is 0 Å². The molecule has 0 aliphatic heterocycles. The molecule has 14 heavy (non-hydrogen) atoms. The topological polar surface area (TPSA) is 71.4 Å². The molecule has 0 aliphatic carbocycles. The molecule has 0 aromatic carbocycles. The second-order valence-electron chi connectivity index (χ2n) is 4.92. The Hall–Kier alpha value is -0.420. The van der Waals surface area contributed by atoms with Crippen LogP contribution in [0.4, 0.5) is 0 Å². The minimum absolute atomic E-state index is 0.0376. The number of carbonyl (C=O) groups is 1. The summed E-state index contributed by atoms with van der Waals surface area (Å²) in [5, 5.41) is -1.09. The number of hydrogen-bond acceptors (Lipinski definition) is 3. The van der Waals surface area contributed by atoms with Gasteiger partial charge in [0.2, 0.25) is 0 Å². The molecule has 0 spiro atoms. The average Bonchev–Trinajstić information content (AvgIpc) is 1.79. The van der Waals surface area contributed by atoms with Gasteiger partial charge in [-0.1, -0.05) is 27.7 Å². The maximum atomic E-state index is 10.9. The van der Waals surface area contributed by atoms with Crippen molar-refractivity contribution in [3.8, 4) is 0 Å². The van der Waals surface area contributed by atoms with Crippen LogP contribution < -0.4 is 0 Å². The van der Waals surface area contributed by atoms with Crippen LogP contribution in [0.5, 0.6) is 0 Å². The summed E-state index contributed by atoms with van der Waals surface area (Å²) in [6.07, 6.45) is 0.629. The minimum atomic E-state index is -4.49. The average molecular weight is 222 g/mol. The molecule has 5 heteroatoms. The molecule has 0 aliphatic rings. The van der Waals surface area contributed by atoms with E-state index in [0.29, 0.717) is 0 Å². The van der Waals surface area contributed by atoms with Crippen molar-refractivity contribution >= 4 is 15.2 Å². The molecule has 0 rings (SSSR count). The number of hydrogen-bond donors (Lipinski definition) is 1. The van der Waals surface area contributed by atoms with E-state index in [1.54, 1.807) is 6.92 Å². The van der Waals surface area contributed by atoms with Crippen LogP contribution in [0.25, 0.3) is 0 Å². The van der Waals surface area contributed by atoms with Gasteiger partial charge in [0.1, 0.15) is 0 Å². The first-order valence-electron chi connectivity index (χ1n) is 4.53. The highest BCUT2D eigenvalue weighted by Gasteiger charge is 2.23. The molecule has 0 aromatic heterocycles. The molecular weight excluding hydrogens is 204 g/mol. The van der Waals surface area contributed by atoms with E-state index in [1.165, 1.54) is 0 Å². The van der Waals surface area contributed by atoms with Gasteiger partial charge in [-0.15, -0.1) is 0 Å². The molecule has 0 heterocycles. The second kappa shape index (κ2) is 4.40. The summed E-state index contributed by atoms with van der Waals surface area (Å²) in [5.74, 6) is -0.0376. The summed E-state index contributed by atoms with van der Waals surface area (Å²) in [6.45, 7) is 7.85. The van der Waals surface area contributed by atoms with Crippen LogP contribution in [-0.2, 0) is 14.9 Å². The molecule has 0 bridgehead atoms. The fourth-order valence-electron chi connectivity index (χ4n) is 1.51. The van der Waals surface area contributed by atoms with Gasteiger partial charge in [-0.2, -0.15) is 8.42 Å². The van der Waals surface area contributed by atoms with Gasteiger partial charge < -0.3 is 0 Å². The molecule has 84 valence electrons. The van der Waals surface area contributed by atoms with Crippen molar-refractivity contribution in [2.45, 2.75) is 40.5 Å². The minimum Gasteiger partial charge on any atom is -0.280 e. The lowest BCUT2D eigenvalue weighted by Gasteiger charge is -2.22. The van der Waals surface area contributed by atoms with E-state index in [-0.39, 0.29) is 17.8 Å². The van der Waals surface area contributed by atoms with Gasteiger partial charge in [-0.25, -0.2) is 0 Å². The molecule has 0 radical (unpaired) electrons. The van der Waals surface area contributed by atoms with E-state index >= 15 is 0 Å². The van der Waals surface area contributed by atoms with E-state index in [1.807, 2.05) is 20.8 Å². The van der Waals surface area contributed by atoms with Crippen molar-refractivity contribution in [2.24, 2.45) is 11.3 Å². The van der Waals surface area contributed by atoms with E-state index in [0.717, 1.165) is 6.42 Å². The van der Waals surface area contributed by atoms with Crippen LogP contribution in [0.2, 0.25) is 0 Å². The predicted molar refractivity (Wildman–Crippen MR) is 54.4 cm³/mol. The summed E-state index contributed by atoms with van der Waals surface area (Å²) >= 11 is 0. The molecule has 0 fully saturated rings. The summed E-state index contributed by atoms with van der Waals surface area (Å²) < 4.78 is 29.3. The first-order chi connectivity index (χ1) is 6.02. The summed E-state index contributed by atoms with van der Waals surface area (Å²) in [5.41, 5.74) is 0.0545. The quantitative estimate of drug-likeness (QED) is 0.740. The Bertz CT molecular complexity index is 297. The van der Waals surface area contributed by atoms with Crippen LogP contribution in [0, 0.1) is 11.3 Å². The molecule has 4 nitrogen and oxygen atoms in total. The third-order valence-corrected chi connectivity index (χ3v) is 2.51. The Labute approximate surface area is 85.4 Å². The maximum Gasteiger partial charge on any atom is 0.328 e. The van der Waals surface area contributed by atoms with E-state index < -0.39 is 15.2 Å². The van der Waals surface area contributed by atoms with Gasteiger partial charge in [0.05, 0.1) is 0 Å². The van der Waals surface area contributed by atoms with Crippen LogP contribution in [0.1, 0.15) is 40.5 Å². The maximum absolute atomic E-state index is 10.9. The fourth-order valence-corrected chi connectivity index (χ4v) is 2.00. The van der Waals surface area contributed by atoms with Crippen molar-refractivity contribution in [1.29, 1.82) is 0 Å². The predicted octanol–water partition coefficient (Wildman–Crippen LogP) is 1.86. The first-order valence-corrected chi connectivity index (χ1v) is 5.97. The molecule has 0 aromatic rings. The highest BCUT2D eigenvalue weighted by atomic mass is 32.2. The van der Waals surface area contributed by atoms with E-state index in [2.05, 4.69) is 0 Å². The normalized spacial score (nSPS) is 15.2. The van der Waals surface area contributed by atoms with Crippen LogP contribution >= 0.6 is 0 Å². The molecular formula is C9H18O4S. The Morgan fingerprint density at radius 2 is 1.79 bits per heavy atom. The van der Waals surface area contributed by atoms with Gasteiger partial charge in [0, 0.05) is 6.42 Å². The van der Waals surface area contributed by atoms with Crippen molar-refractivity contribution in [3.05, 3.63) is 0 Å². The summed E-state index contributed by atoms with van der Waals surface area (Å²) in [4.78, 5) is 10.9.